The zero-order valence-electron chi connectivity index (χ0n) is 9.02. The molecule has 4 nitrogen and oxygen atoms in total. The van der Waals surface area contributed by atoms with Crippen LogP contribution in [0.5, 0.6) is 0 Å². The van der Waals surface area contributed by atoms with Crippen molar-refractivity contribution in [1.29, 1.82) is 0 Å². The number of aromatic nitrogens is 2. The fourth-order valence-corrected chi connectivity index (χ4v) is 2.26. The molecule has 15 heavy (non-hydrogen) atoms. The predicted octanol–water partition coefficient (Wildman–Crippen LogP) is 1.38. The molecule has 0 N–H and O–H groups in total. The summed E-state index contributed by atoms with van der Waals surface area (Å²) in [6, 6.07) is 2.48. The fourth-order valence-electron chi connectivity index (χ4n) is 1.96. The Kier molecular flexibility index (Phi) is 3.21. The van der Waals surface area contributed by atoms with Crippen LogP contribution in [-0.4, -0.2) is 47.6 Å². The monoisotopic (exact) mass is 270 g/mol. The Labute approximate surface area is 98.4 Å². The normalized spacial score (nSPS) is 23.1. The Balaban J connectivity index is 2.17. The molecule has 1 saturated heterocycles. The first-order chi connectivity index (χ1) is 7.16. The van der Waals surface area contributed by atoms with E-state index in [9.17, 15) is 0 Å². The summed E-state index contributed by atoms with van der Waals surface area (Å²) in [5.74, 6) is 1.01. The van der Waals surface area contributed by atoms with Crippen LogP contribution in [0.3, 0.4) is 0 Å². The van der Waals surface area contributed by atoms with Crippen molar-refractivity contribution in [1.82, 2.24) is 14.9 Å². The summed E-state index contributed by atoms with van der Waals surface area (Å²) >= 11 is 3.37. The topological polar surface area (TPSA) is 32.3 Å². The highest BCUT2D eigenvalue weighted by Crippen LogP contribution is 2.19. The molecule has 1 aromatic heterocycles. The van der Waals surface area contributed by atoms with E-state index in [2.05, 4.69) is 49.7 Å². The Morgan fingerprint density at radius 2 is 2.20 bits per heavy atom. The van der Waals surface area contributed by atoms with Gasteiger partial charge in [0.2, 0.25) is 0 Å². The summed E-state index contributed by atoms with van der Waals surface area (Å²) in [6.45, 7) is 5.43. The number of hydrogen-bond acceptors (Lipinski definition) is 4. The highest BCUT2D eigenvalue weighted by Gasteiger charge is 2.22. The van der Waals surface area contributed by atoms with Crippen molar-refractivity contribution >= 4 is 21.7 Å². The van der Waals surface area contributed by atoms with Crippen molar-refractivity contribution < 1.29 is 0 Å². The van der Waals surface area contributed by atoms with Crippen LogP contribution in [0.25, 0.3) is 0 Å². The zero-order valence-corrected chi connectivity index (χ0v) is 10.6. The minimum Gasteiger partial charge on any atom is -0.351 e. The van der Waals surface area contributed by atoms with Gasteiger partial charge in [-0.1, -0.05) is 0 Å². The largest absolute Gasteiger partial charge is 0.351 e. The van der Waals surface area contributed by atoms with Crippen LogP contribution in [0.15, 0.2) is 17.0 Å². The van der Waals surface area contributed by atoms with Crippen molar-refractivity contribution in [3.8, 4) is 0 Å². The van der Waals surface area contributed by atoms with E-state index in [1.54, 1.807) is 6.33 Å². The lowest BCUT2D eigenvalue weighted by Gasteiger charge is -2.38. The molecule has 0 amide bonds. The van der Waals surface area contributed by atoms with Crippen LogP contribution in [-0.2, 0) is 0 Å². The molecule has 0 saturated carbocycles. The molecule has 82 valence electrons. The molecule has 0 bridgehead atoms. The molecule has 2 rings (SSSR count). The molecular formula is C10H15BrN4. The molecule has 1 unspecified atom stereocenters. The van der Waals surface area contributed by atoms with Crippen molar-refractivity contribution in [3.63, 3.8) is 0 Å². The molecule has 0 spiro atoms. The Bertz CT molecular complexity index is 344. The maximum absolute atomic E-state index is 4.30. The van der Waals surface area contributed by atoms with Gasteiger partial charge in [-0.3, -0.25) is 0 Å². The van der Waals surface area contributed by atoms with Gasteiger partial charge in [0.25, 0.3) is 0 Å². The van der Waals surface area contributed by atoms with E-state index in [-0.39, 0.29) is 0 Å². The first-order valence-electron chi connectivity index (χ1n) is 5.09. The van der Waals surface area contributed by atoms with Gasteiger partial charge in [-0.25, -0.2) is 9.97 Å². The molecule has 2 heterocycles. The molecule has 0 aliphatic carbocycles. The number of halogens is 1. The Morgan fingerprint density at radius 3 is 2.87 bits per heavy atom. The molecule has 0 radical (unpaired) electrons. The van der Waals surface area contributed by atoms with Crippen molar-refractivity contribution in [2.75, 3.05) is 31.6 Å². The Morgan fingerprint density at radius 1 is 1.40 bits per heavy atom. The molecule has 1 atom stereocenters. The van der Waals surface area contributed by atoms with Gasteiger partial charge < -0.3 is 9.80 Å². The number of rotatable bonds is 1. The quantitative estimate of drug-likeness (QED) is 0.722. The summed E-state index contributed by atoms with van der Waals surface area (Å²) in [4.78, 5) is 13.0. The average Bonchev–Trinajstić information content (AvgIpc) is 2.17. The van der Waals surface area contributed by atoms with Gasteiger partial charge in [-0.2, -0.15) is 0 Å². The van der Waals surface area contributed by atoms with E-state index < -0.39 is 0 Å². The maximum atomic E-state index is 4.30. The summed E-state index contributed by atoms with van der Waals surface area (Å²) in [7, 11) is 2.16. The van der Waals surface area contributed by atoms with Crippen molar-refractivity contribution in [2.45, 2.75) is 13.0 Å². The van der Waals surface area contributed by atoms with Gasteiger partial charge in [-0.05, 0) is 29.9 Å². The lowest BCUT2D eigenvalue weighted by molar-refractivity contribution is 0.274. The number of hydrogen-bond donors (Lipinski definition) is 0. The SMILES string of the molecule is CC1CN(C)CCN1c1cc(Br)ncn1. The molecule has 0 aromatic carbocycles. The summed E-state index contributed by atoms with van der Waals surface area (Å²) in [5.41, 5.74) is 0. The molecule has 5 heteroatoms. The van der Waals surface area contributed by atoms with E-state index in [1.165, 1.54) is 0 Å². The van der Waals surface area contributed by atoms with Crippen LogP contribution in [0.4, 0.5) is 5.82 Å². The fraction of sp³-hybridized carbons (Fsp3) is 0.600. The predicted molar refractivity (Wildman–Crippen MR) is 64.0 cm³/mol. The zero-order chi connectivity index (χ0) is 10.8. The number of likely N-dealkylation sites (N-methyl/N-ethyl adjacent to an activating group) is 1. The second kappa shape index (κ2) is 4.45. The molecule has 1 aliphatic rings. The third-order valence-corrected chi connectivity index (χ3v) is 3.18. The van der Waals surface area contributed by atoms with Crippen LogP contribution in [0, 0.1) is 0 Å². The highest BCUT2D eigenvalue weighted by atomic mass is 79.9. The first-order valence-corrected chi connectivity index (χ1v) is 5.89. The second-order valence-electron chi connectivity index (χ2n) is 4.00. The van der Waals surface area contributed by atoms with E-state index in [0.717, 1.165) is 30.1 Å². The van der Waals surface area contributed by atoms with Crippen LogP contribution in [0.1, 0.15) is 6.92 Å². The van der Waals surface area contributed by atoms with Crippen molar-refractivity contribution in [2.24, 2.45) is 0 Å². The van der Waals surface area contributed by atoms with Crippen LogP contribution in [0.2, 0.25) is 0 Å². The third-order valence-electron chi connectivity index (χ3n) is 2.74. The average molecular weight is 271 g/mol. The van der Waals surface area contributed by atoms with E-state index >= 15 is 0 Å². The minimum absolute atomic E-state index is 0.505. The lowest BCUT2D eigenvalue weighted by Crippen LogP contribution is -2.50. The van der Waals surface area contributed by atoms with Crippen molar-refractivity contribution in [3.05, 3.63) is 17.0 Å². The maximum Gasteiger partial charge on any atom is 0.133 e. The molecule has 1 aliphatic heterocycles. The summed E-state index contributed by atoms with van der Waals surface area (Å²) < 4.78 is 0.846. The van der Waals surface area contributed by atoms with E-state index in [4.69, 9.17) is 0 Å². The van der Waals surface area contributed by atoms with Crippen LogP contribution >= 0.6 is 15.9 Å². The number of anilines is 1. The van der Waals surface area contributed by atoms with Crippen LogP contribution < -0.4 is 4.90 Å². The van der Waals surface area contributed by atoms with Gasteiger partial charge in [0.1, 0.15) is 16.7 Å². The van der Waals surface area contributed by atoms with Gasteiger partial charge >= 0.3 is 0 Å². The standard InChI is InChI=1S/C10H15BrN4/c1-8-6-14(2)3-4-15(8)10-5-9(11)12-7-13-10/h5,7-8H,3-4,6H2,1-2H3. The first kappa shape index (κ1) is 10.8. The minimum atomic E-state index is 0.505. The highest BCUT2D eigenvalue weighted by molar-refractivity contribution is 9.10. The van der Waals surface area contributed by atoms with E-state index in [1.807, 2.05) is 6.07 Å². The number of nitrogens with zero attached hydrogens (tertiary/aromatic N) is 4. The second-order valence-corrected chi connectivity index (χ2v) is 4.82. The Hall–Kier alpha value is -0.680. The van der Waals surface area contributed by atoms with Gasteiger partial charge in [0.05, 0.1) is 0 Å². The summed E-state index contributed by atoms with van der Waals surface area (Å²) in [6.07, 6.45) is 1.60. The lowest BCUT2D eigenvalue weighted by atomic mass is 10.2. The van der Waals surface area contributed by atoms with Gasteiger partial charge in [0, 0.05) is 31.7 Å². The van der Waals surface area contributed by atoms with Gasteiger partial charge in [-0.15, -0.1) is 0 Å². The molecule has 1 aromatic rings. The van der Waals surface area contributed by atoms with E-state index in [0.29, 0.717) is 6.04 Å². The summed E-state index contributed by atoms with van der Waals surface area (Å²) in [5, 5.41) is 0. The third kappa shape index (κ3) is 2.46. The molecule has 1 fully saturated rings. The number of piperazine rings is 1. The van der Waals surface area contributed by atoms with Gasteiger partial charge in [0.15, 0.2) is 0 Å². The smallest absolute Gasteiger partial charge is 0.133 e. The molecular weight excluding hydrogens is 256 g/mol.